The van der Waals surface area contributed by atoms with Crippen molar-refractivity contribution in [3.63, 3.8) is 0 Å². The Morgan fingerprint density at radius 3 is 2.85 bits per heavy atom. The molecule has 2 aromatic carbocycles. The van der Waals surface area contributed by atoms with E-state index in [2.05, 4.69) is 20.8 Å². The van der Waals surface area contributed by atoms with E-state index in [0.717, 1.165) is 25.8 Å². The van der Waals surface area contributed by atoms with Gasteiger partial charge in [0.05, 0.1) is 29.7 Å². The molecule has 0 saturated carbocycles. The number of carbonyl (C=O) groups is 1. The van der Waals surface area contributed by atoms with Crippen molar-refractivity contribution in [1.29, 1.82) is 0 Å². The third kappa shape index (κ3) is 4.97. The largest absolute Gasteiger partial charge is 0.508 e. The number of benzene rings is 2. The predicted octanol–water partition coefficient (Wildman–Crippen LogP) is 4.06. The van der Waals surface area contributed by atoms with Crippen LogP contribution in [0.1, 0.15) is 24.8 Å². The van der Waals surface area contributed by atoms with Gasteiger partial charge in [0.25, 0.3) is 0 Å². The van der Waals surface area contributed by atoms with Crippen LogP contribution in [0.4, 0.5) is 19.0 Å². The lowest BCUT2D eigenvalue weighted by Gasteiger charge is -2.49. The fourth-order valence-corrected chi connectivity index (χ4v) is 8.17. The third-order valence-corrected chi connectivity index (χ3v) is 10.3. The van der Waals surface area contributed by atoms with Gasteiger partial charge in [0, 0.05) is 61.7 Å². The summed E-state index contributed by atoms with van der Waals surface area (Å²) in [5, 5.41) is 11.5. The highest BCUT2D eigenvalue weighted by atomic mass is 19.1. The lowest BCUT2D eigenvalue weighted by Crippen LogP contribution is -2.61. The van der Waals surface area contributed by atoms with E-state index in [0.29, 0.717) is 68.9 Å². The summed E-state index contributed by atoms with van der Waals surface area (Å²) in [6.45, 7) is 4.04. The maximum Gasteiger partial charge on any atom is 0.319 e. The van der Waals surface area contributed by atoms with E-state index in [1.54, 1.807) is 4.90 Å². The molecule has 1 spiro atoms. The highest BCUT2D eigenvalue weighted by Crippen LogP contribution is 2.42. The highest BCUT2D eigenvalue weighted by molar-refractivity contribution is 6.03. The fraction of sp³-hybridized carbons (Fsp3) is 0.429. The van der Waals surface area contributed by atoms with Gasteiger partial charge in [-0.2, -0.15) is 9.97 Å². The molecule has 4 aliphatic heterocycles. The second-order valence-electron chi connectivity index (χ2n) is 13.5. The number of anilines is 1. The summed E-state index contributed by atoms with van der Waals surface area (Å²) in [4.78, 5) is 31.0. The summed E-state index contributed by atoms with van der Waals surface area (Å²) in [5.74, 6) is 1.07. The quantitative estimate of drug-likeness (QED) is 0.243. The van der Waals surface area contributed by atoms with Crippen LogP contribution < -0.4 is 9.64 Å². The van der Waals surface area contributed by atoms with Gasteiger partial charge in [-0.15, -0.1) is 6.42 Å². The molecule has 2 atom stereocenters. The van der Waals surface area contributed by atoms with Gasteiger partial charge in [0.15, 0.2) is 5.82 Å². The molecule has 0 bridgehead atoms. The SMILES string of the molecule is C#Cc1c(F)ccc2cc(O)cc(-c3ncc4c(N5CCOCC6(CN(C=O)C6)C5)nc(OC[C@@]56CCCN5C[C@H](F)C6)nc4c3F)c12. The summed E-state index contributed by atoms with van der Waals surface area (Å²) in [6.07, 6.45) is 9.03. The Hall–Kier alpha value is -4.67. The van der Waals surface area contributed by atoms with Gasteiger partial charge in [-0.3, -0.25) is 14.7 Å². The Labute approximate surface area is 274 Å². The minimum absolute atomic E-state index is 0.0736. The van der Waals surface area contributed by atoms with Crippen LogP contribution in [0.3, 0.4) is 0 Å². The number of aromatic nitrogens is 3. The van der Waals surface area contributed by atoms with E-state index in [4.69, 9.17) is 20.9 Å². The summed E-state index contributed by atoms with van der Waals surface area (Å²) >= 11 is 0. The number of halogens is 3. The molecule has 4 fully saturated rings. The molecular weight excluding hydrogens is 625 g/mol. The maximum atomic E-state index is 16.9. The molecule has 4 aromatic rings. The van der Waals surface area contributed by atoms with E-state index < -0.39 is 23.3 Å². The predicted molar refractivity (Wildman–Crippen MR) is 171 cm³/mol. The molecule has 0 unspecified atom stereocenters. The molecule has 8 rings (SSSR count). The smallest absolute Gasteiger partial charge is 0.319 e. The van der Waals surface area contributed by atoms with Crippen LogP contribution >= 0.6 is 0 Å². The second kappa shape index (κ2) is 11.5. The van der Waals surface area contributed by atoms with Gasteiger partial charge in [-0.25, -0.2) is 13.2 Å². The van der Waals surface area contributed by atoms with Gasteiger partial charge in [-0.05, 0) is 43.0 Å². The molecule has 0 radical (unpaired) electrons. The zero-order valence-corrected chi connectivity index (χ0v) is 26.1. The van der Waals surface area contributed by atoms with Crippen molar-refractivity contribution in [3.8, 4) is 35.4 Å². The highest BCUT2D eigenvalue weighted by Gasteiger charge is 2.50. The van der Waals surface area contributed by atoms with Crippen LogP contribution in [0.5, 0.6) is 11.8 Å². The van der Waals surface area contributed by atoms with E-state index in [1.807, 2.05) is 4.90 Å². The van der Waals surface area contributed by atoms with Crippen LogP contribution in [-0.4, -0.2) is 107 Å². The van der Waals surface area contributed by atoms with Crippen molar-refractivity contribution >= 4 is 33.9 Å². The van der Waals surface area contributed by atoms with E-state index in [-0.39, 0.29) is 51.5 Å². The number of carbonyl (C=O) groups excluding carboxylic acids is 1. The molecule has 4 saturated heterocycles. The van der Waals surface area contributed by atoms with E-state index >= 15 is 4.39 Å². The molecule has 1 amide bonds. The number of alkyl halides is 1. The van der Waals surface area contributed by atoms with Gasteiger partial charge in [-0.1, -0.05) is 12.0 Å². The number of hydrogen-bond acceptors (Lipinski definition) is 9. The second-order valence-corrected chi connectivity index (χ2v) is 13.5. The normalized spacial score (nSPS) is 23.7. The first-order valence-electron chi connectivity index (χ1n) is 16.0. The monoisotopic (exact) mass is 658 g/mol. The summed E-state index contributed by atoms with van der Waals surface area (Å²) in [7, 11) is 0. The number of ether oxygens (including phenoxy) is 2. The van der Waals surface area contributed by atoms with E-state index in [1.165, 1.54) is 30.5 Å². The Bertz CT molecular complexity index is 2000. The zero-order valence-electron chi connectivity index (χ0n) is 26.1. The van der Waals surface area contributed by atoms with Crippen molar-refractivity contribution in [2.24, 2.45) is 5.41 Å². The minimum Gasteiger partial charge on any atom is -0.508 e. The number of terminal acetylenes is 1. The summed E-state index contributed by atoms with van der Waals surface area (Å²) in [6, 6.07) is 5.30. The number of hydrogen-bond donors (Lipinski definition) is 1. The summed E-state index contributed by atoms with van der Waals surface area (Å²) in [5.41, 5.74) is -1.08. The molecule has 4 aliphatic rings. The average Bonchev–Trinajstić information content (AvgIpc) is 3.48. The molecule has 1 N–H and O–H groups in total. The molecular formula is C35H33F3N6O4. The zero-order chi connectivity index (χ0) is 33.2. The van der Waals surface area contributed by atoms with Gasteiger partial charge in [0.1, 0.15) is 41.4 Å². The molecule has 48 heavy (non-hydrogen) atoms. The molecule has 6 heterocycles. The number of likely N-dealkylation sites (tertiary alicyclic amines) is 1. The Balaban J connectivity index is 1.27. The summed E-state index contributed by atoms with van der Waals surface area (Å²) < 4.78 is 58.5. The van der Waals surface area contributed by atoms with Crippen LogP contribution in [0.2, 0.25) is 0 Å². The van der Waals surface area contributed by atoms with Crippen LogP contribution in [-0.2, 0) is 9.53 Å². The van der Waals surface area contributed by atoms with Gasteiger partial charge >= 0.3 is 6.01 Å². The van der Waals surface area contributed by atoms with Crippen molar-refractivity contribution in [2.45, 2.75) is 31.0 Å². The topological polar surface area (TPSA) is 104 Å². The number of rotatable bonds is 6. The average molecular weight is 659 g/mol. The standard InChI is InChI=1S/C35H33F3N6O4/c1-2-24-27(37)5-4-21-10-23(46)11-25(28(21)24)30-29(38)31-26(13-39-30)32(43-8-9-47-18-34(17-43)15-42(16-34)20-45)41-33(40-31)48-19-35-6-3-7-44(35)14-22(36)12-35/h1,4-5,10-11,13,20,22,46H,3,6-9,12,14-19H2/t22-,35+/m1/s1. The minimum atomic E-state index is -0.954. The number of nitrogens with zero attached hydrogens (tertiary/aromatic N) is 6. The van der Waals surface area contributed by atoms with Crippen LogP contribution in [0.25, 0.3) is 32.9 Å². The van der Waals surface area contributed by atoms with Crippen molar-refractivity contribution in [1.82, 2.24) is 24.8 Å². The number of fused-ring (bicyclic) bond motifs is 3. The molecule has 0 aliphatic carbocycles. The first kappa shape index (κ1) is 30.7. The molecule has 248 valence electrons. The Morgan fingerprint density at radius 1 is 1.19 bits per heavy atom. The van der Waals surface area contributed by atoms with E-state index in [9.17, 15) is 18.7 Å². The van der Waals surface area contributed by atoms with Crippen molar-refractivity contribution in [2.75, 3.05) is 64.0 Å². The van der Waals surface area contributed by atoms with Crippen LogP contribution in [0.15, 0.2) is 30.5 Å². The maximum absolute atomic E-state index is 16.9. The van der Waals surface area contributed by atoms with Gasteiger partial charge < -0.3 is 24.4 Å². The van der Waals surface area contributed by atoms with Crippen LogP contribution in [0, 0.1) is 29.4 Å². The number of phenolic OH excluding ortho intramolecular Hbond substituents is 1. The molecule has 13 heteroatoms. The number of pyridine rings is 1. The first-order valence-corrected chi connectivity index (χ1v) is 16.0. The Morgan fingerprint density at radius 2 is 2.04 bits per heavy atom. The third-order valence-electron chi connectivity index (χ3n) is 10.3. The first-order chi connectivity index (χ1) is 23.2. The number of aromatic hydroxyl groups is 1. The Kier molecular flexibility index (Phi) is 7.34. The molecule has 10 nitrogen and oxygen atoms in total. The van der Waals surface area contributed by atoms with Crippen molar-refractivity contribution in [3.05, 3.63) is 47.7 Å². The molecule has 2 aromatic heterocycles. The lowest BCUT2D eigenvalue weighted by atomic mass is 9.80. The number of phenols is 1. The van der Waals surface area contributed by atoms with Crippen molar-refractivity contribution < 1.29 is 32.5 Å². The fourth-order valence-electron chi connectivity index (χ4n) is 8.17. The lowest BCUT2D eigenvalue weighted by molar-refractivity contribution is -0.132. The van der Waals surface area contributed by atoms with Gasteiger partial charge in [0.2, 0.25) is 6.41 Å². The number of amides is 1.